The van der Waals surface area contributed by atoms with Crippen LogP contribution in [0.15, 0.2) is 14.4 Å². The highest BCUT2D eigenvalue weighted by Crippen LogP contribution is 2.08. The Morgan fingerprint density at radius 2 is 1.65 bits per heavy atom. The molecule has 0 aliphatic rings. The number of imidazole rings is 1. The van der Waals surface area contributed by atoms with E-state index in [-0.39, 0.29) is 22.9 Å². The number of nitrogens with one attached hydrogen (secondary N) is 1. The number of H-pyrrole nitrogens is 1. The van der Waals surface area contributed by atoms with Crippen LogP contribution in [0.25, 0.3) is 11.2 Å². The van der Waals surface area contributed by atoms with Crippen molar-refractivity contribution in [2.24, 2.45) is 14.1 Å². The van der Waals surface area contributed by atoms with Crippen LogP contribution in [0.2, 0.25) is 0 Å². The van der Waals surface area contributed by atoms with Crippen LogP contribution in [0.1, 0.15) is 19.9 Å². The number of aromatic amines is 1. The van der Waals surface area contributed by atoms with Gasteiger partial charge in [0.05, 0.1) is 0 Å². The molecule has 0 aromatic carbocycles. The highest BCUT2D eigenvalue weighted by atomic mass is 16.2. The Balaban J connectivity index is 3.20. The molecule has 0 amide bonds. The van der Waals surface area contributed by atoms with Crippen molar-refractivity contribution in [3.05, 3.63) is 31.3 Å². The third-order valence-corrected chi connectivity index (χ3v) is 2.84. The van der Waals surface area contributed by atoms with E-state index in [1.165, 1.54) is 23.2 Å². The van der Waals surface area contributed by atoms with Crippen LogP contribution in [0.5, 0.6) is 0 Å². The van der Waals surface area contributed by atoms with Gasteiger partial charge < -0.3 is 0 Å². The van der Waals surface area contributed by atoms with Gasteiger partial charge in [0.25, 0.3) is 5.56 Å². The van der Waals surface area contributed by atoms with Gasteiger partial charge in [0.2, 0.25) is 0 Å². The van der Waals surface area contributed by atoms with E-state index < -0.39 is 11.2 Å². The fraction of sp³-hybridized carbons (Fsp3) is 0.500. The minimum atomic E-state index is -0.463. The molecule has 2 heterocycles. The number of aromatic nitrogens is 4. The third kappa shape index (κ3) is 1.38. The number of hydrogen-bond donors (Lipinski definition) is 1. The summed E-state index contributed by atoms with van der Waals surface area (Å²) < 4.78 is 3.61. The van der Waals surface area contributed by atoms with Crippen molar-refractivity contribution in [3.63, 3.8) is 0 Å². The zero-order valence-electron chi connectivity index (χ0n) is 10.1. The summed E-state index contributed by atoms with van der Waals surface area (Å²) in [5, 5.41) is 0. The molecule has 2 aromatic rings. The molecule has 0 saturated carbocycles. The average molecular weight is 238 g/mol. The van der Waals surface area contributed by atoms with Gasteiger partial charge in [-0.05, 0) is 13.8 Å². The van der Waals surface area contributed by atoms with Crippen molar-refractivity contribution >= 4 is 11.2 Å². The van der Waals surface area contributed by atoms with Gasteiger partial charge >= 0.3 is 11.4 Å². The Kier molecular flexibility index (Phi) is 2.34. The standard InChI is InChI=1S/C10H14N4O3/c1-5(2)14-6-7(11-9(14)16)12(3)10(17)13(4)8(6)15/h5H,1-4H3,(H,11,16). The van der Waals surface area contributed by atoms with E-state index in [4.69, 9.17) is 0 Å². The van der Waals surface area contributed by atoms with Crippen LogP contribution in [-0.2, 0) is 14.1 Å². The average Bonchev–Trinajstić information content (AvgIpc) is 2.61. The number of aryl methyl sites for hydroxylation is 1. The molecule has 0 aliphatic heterocycles. The van der Waals surface area contributed by atoms with Gasteiger partial charge in [-0.1, -0.05) is 0 Å². The number of fused-ring (bicyclic) bond motifs is 1. The van der Waals surface area contributed by atoms with E-state index >= 15 is 0 Å². The molecular weight excluding hydrogens is 224 g/mol. The van der Waals surface area contributed by atoms with Crippen molar-refractivity contribution < 1.29 is 0 Å². The van der Waals surface area contributed by atoms with Crippen molar-refractivity contribution in [2.75, 3.05) is 0 Å². The van der Waals surface area contributed by atoms with Gasteiger partial charge in [0, 0.05) is 20.1 Å². The molecule has 0 radical (unpaired) electrons. The lowest BCUT2D eigenvalue weighted by atomic mass is 10.4. The quantitative estimate of drug-likeness (QED) is 0.713. The first-order valence-corrected chi connectivity index (χ1v) is 5.26. The molecule has 0 atom stereocenters. The fourth-order valence-corrected chi connectivity index (χ4v) is 1.94. The van der Waals surface area contributed by atoms with E-state index in [9.17, 15) is 14.4 Å². The molecule has 92 valence electrons. The molecule has 0 spiro atoms. The smallest absolute Gasteiger partial charge is 0.291 e. The SMILES string of the molecule is CC(C)n1c(=O)[nH]c2c1c(=O)n(C)c(=O)n2C. The van der Waals surface area contributed by atoms with Crippen LogP contribution < -0.4 is 16.9 Å². The van der Waals surface area contributed by atoms with Crippen molar-refractivity contribution in [1.29, 1.82) is 0 Å². The van der Waals surface area contributed by atoms with Crippen molar-refractivity contribution in [2.45, 2.75) is 19.9 Å². The Bertz CT molecular complexity index is 757. The van der Waals surface area contributed by atoms with E-state index in [1.807, 2.05) is 0 Å². The normalized spacial score (nSPS) is 11.6. The second-order valence-corrected chi connectivity index (χ2v) is 4.30. The lowest BCUT2D eigenvalue weighted by molar-refractivity contribution is 0.592. The predicted octanol–water partition coefficient (Wildman–Crippen LogP) is -0.692. The molecule has 0 fully saturated rings. The lowest BCUT2D eigenvalue weighted by Crippen LogP contribution is -2.37. The monoisotopic (exact) mass is 238 g/mol. The van der Waals surface area contributed by atoms with E-state index in [0.717, 1.165) is 4.57 Å². The third-order valence-electron chi connectivity index (χ3n) is 2.84. The maximum Gasteiger partial charge on any atom is 0.332 e. The van der Waals surface area contributed by atoms with Gasteiger partial charge in [-0.25, -0.2) is 9.59 Å². The summed E-state index contributed by atoms with van der Waals surface area (Å²) in [5.74, 6) is 0. The molecule has 7 nitrogen and oxygen atoms in total. The first kappa shape index (κ1) is 11.4. The Labute approximate surface area is 95.9 Å². The van der Waals surface area contributed by atoms with E-state index in [1.54, 1.807) is 13.8 Å². The molecule has 7 heteroatoms. The molecular formula is C10H14N4O3. The molecule has 0 unspecified atom stereocenters. The molecule has 0 aliphatic carbocycles. The maximum absolute atomic E-state index is 12.0. The maximum atomic E-state index is 12.0. The second kappa shape index (κ2) is 3.47. The van der Waals surface area contributed by atoms with Gasteiger partial charge in [-0.3, -0.25) is 23.5 Å². The van der Waals surface area contributed by atoms with Gasteiger partial charge in [0.15, 0.2) is 5.52 Å². The van der Waals surface area contributed by atoms with Gasteiger partial charge in [0.1, 0.15) is 5.65 Å². The van der Waals surface area contributed by atoms with Crippen LogP contribution in [0, 0.1) is 0 Å². The Hall–Kier alpha value is -2.05. The summed E-state index contributed by atoms with van der Waals surface area (Å²) in [6.07, 6.45) is 0. The Morgan fingerprint density at radius 1 is 1.06 bits per heavy atom. The Morgan fingerprint density at radius 3 is 2.18 bits per heavy atom. The number of nitrogens with zero attached hydrogens (tertiary/aromatic N) is 3. The van der Waals surface area contributed by atoms with Crippen molar-refractivity contribution in [1.82, 2.24) is 18.7 Å². The van der Waals surface area contributed by atoms with E-state index in [2.05, 4.69) is 4.98 Å². The zero-order chi connectivity index (χ0) is 12.9. The summed E-state index contributed by atoms with van der Waals surface area (Å²) in [4.78, 5) is 38.0. The highest BCUT2D eigenvalue weighted by Gasteiger charge is 2.17. The summed E-state index contributed by atoms with van der Waals surface area (Å²) in [5.41, 5.74) is -0.811. The van der Waals surface area contributed by atoms with Gasteiger partial charge in [-0.2, -0.15) is 0 Å². The highest BCUT2D eigenvalue weighted by molar-refractivity contribution is 5.70. The predicted molar refractivity (Wildman–Crippen MR) is 63.4 cm³/mol. The van der Waals surface area contributed by atoms with Crippen LogP contribution >= 0.6 is 0 Å². The second-order valence-electron chi connectivity index (χ2n) is 4.30. The van der Waals surface area contributed by atoms with Crippen LogP contribution in [0.3, 0.4) is 0 Å². The number of rotatable bonds is 1. The minimum absolute atomic E-state index is 0.151. The summed E-state index contributed by atoms with van der Waals surface area (Å²) in [7, 11) is 2.91. The van der Waals surface area contributed by atoms with Gasteiger partial charge in [-0.15, -0.1) is 0 Å². The minimum Gasteiger partial charge on any atom is -0.291 e. The lowest BCUT2D eigenvalue weighted by Gasteiger charge is -2.08. The van der Waals surface area contributed by atoms with Crippen LogP contribution in [0.4, 0.5) is 0 Å². The zero-order valence-corrected chi connectivity index (χ0v) is 10.1. The number of hydrogen-bond acceptors (Lipinski definition) is 3. The largest absolute Gasteiger partial charge is 0.332 e. The van der Waals surface area contributed by atoms with Crippen LogP contribution in [-0.4, -0.2) is 18.7 Å². The van der Waals surface area contributed by atoms with Crippen molar-refractivity contribution in [3.8, 4) is 0 Å². The first-order chi connectivity index (χ1) is 7.86. The molecule has 0 saturated heterocycles. The molecule has 2 rings (SSSR count). The fourth-order valence-electron chi connectivity index (χ4n) is 1.94. The molecule has 2 aromatic heterocycles. The summed E-state index contributed by atoms with van der Waals surface area (Å²) in [6, 6.07) is -0.151. The molecule has 17 heavy (non-hydrogen) atoms. The molecule has 1 N–H and O–H groups in total. The first-order valence-electron chi connectivity index (χ1n) is 5.26. The summed E-state index contributed by atoms with van der Waals surface area (Å²) in [6.45, 7) is 3.61. The molecule has 0 bridgehead atoms. The summed E-state index contributed by atoms with van der Waals surface area (Å²) >= 11 is 0. The topological polar surface area (TPSA) is 81.8 Å². The van der Waals surface area contributed by atoms with E-state index in [0.29, 0.717) is 0 Å².